The van der Waals surface area contributed by atoms with Crippen LogP contribution in [0.1, 0.15) is 12.6 Å². The number of nitrogens with zero attached hydrogens (tertiary/aromatic N) is 6. The first-order valence-electron chi connectivity index (χ1n) is 10.5. The van der Waals surface area contributed by atoms with E-state index >= 15 is 0 Å². The standard InChI is InChI=1S/C22H25N7OS2/c1-15-12-18(25-21(24-14-15)23-6-7-28-9-8-27(2)32-28)20-19(16-4-3-5-17(30)13-16)26-22-29(20)10-11-31-22/h3-5,10-15,30H,6-9H2,1-2H3,(H,23,25). The molecule has 0 aliphatic carbocycles. The average molecular weight is 468 g/mol. The van der Waals surface area contributed by atoms with Gasteiger partial charge in [-0.05, 0) is 25.3 Å². The SMILES string of the molecule is CC1C=NC(NCCN2CCN(C)S2)=NC(c2c(-c3cccc(O)c3)nc3sccn23)=C1. The summed E-state index contributed by atoms with van der Waals surface area (Å²) >= 11 is 3.34. The van der Waals surface area contributed by atoms with Crippen molar-refractivity contribution in [1.82, 2.24) is 23.3 Å². The second-order valence-electron chi connectivity index (χ2n) is 7.83. The van der Waals surface area contributed by atoms with Crippen LogP contribution in [0.15, 0.2) is 51.9 Å². The van der Waals surface area contributed by atoms with Crippen LogP contribution in [0, 0.1) is 5.92 Å². The van der Waals surface area contributed by atoms with E-state index in [2.05, 4.69) is 43.4 Å². The van der Waals surface area contributed by atoms with Gasteiger partial charge in [0.05, 0.1) is 17.1 Å². The summed E-state index contributed by atoms with van der Waals surface area (Å²) in [6, 6.07) is 7.19. The van der Waals surface area contributed by atoms with E-state index in [1.165, 1.54) is 0 Å². The normalized spacial score (nSPS) is 19.9. The molecule has 8 nitrogen and oxygen atoms in total. The third-order valence-corrected chi connectivity index (χ3v) is 7.08. The summed E-state index contributed by atoms with van der Waals surface area (Å²) in [5, 5.41) is 15.4. The number of allylic oxidation sites excluding steroid dienone is 1. The molecule has 1 saturated heterocycles. The van der Waals surface area contributed by atoms with Crippen LogP contribution in [0.2, 0.25) is 0 Å². The van der Waals surface area contributed by atoms with Crippen molar-refractivity contribution < 1.29 is 5.11 Å². The number of phenolic OH excluding ortho intramolecular Hbond substituents is 1. The summed E-state index contributed by atoms with van der Waals surface area (Å²) in [6.07, 6.45) is 6.03. The van der Waals surface area contributed by atoms with E-state index in [-0.39, 0.29) is 11.7 Å². The lowest BCUT2D eigenvalue weighted by Gasteiger charge is -2.14. The third kappa shape index (κ3) is 4.44. The fourth-order valence-corrected chi connectivity index (χ4v) is 5.35. The first-order valence-corrected chi connectivity index (χ1v) is 12.2. The molecule has 166 valence electrons. The Labute approximate surface area is 195 Å². The Morgan fingerprint density at radius 2 is 2.19 bits per heavy atom. The second-order valence-corrected chi connectivity index (χ2v) is 10.0. The molecule has 4 heterocycles. The van der Waals surface area contributed by atoms with Gasteiger partial charge < -0.3 is 10.4 Å². The highest BCUT2D eigenvalue weighted by Crippen LogP contribution is 2.34. The number of hydrogen-bond donors (Lipinski definition) is 2. The number of guanidine groups is 1. The van der Waals surface area contributed by atoms with E-state index in [4.69, 9.17) is 9.98 Å². The molecule has 1 unspecified atom stereocenters. The number of aromatic nitrogens is 2. The molecule has 1 fully saturated rings. The molecule has 0 bridgehead atoms. The van der Waals surface area contributed by atoms with Crippen molar-refractivity contribution in [2.75, 3.05) is 33.2 Å². The van der Waals surface area contributed by atoms with E-state index in [1.807, 2.05) is 29.9 Å². The number of fused-ring (bicyclic) bond motifs is 1. The molecule has 32 heavy (non-hydrogen) atoms. The van der Waals surface area contributed by atoms with Crippen LogP contribution in [-0.4, -0.2) is 68.5 Å². The van der Waals surface area contributed by atoms with E-state index in [0.717, 1.165) is 53.8 Å². The largest absolute Gasteiger partial charge is 0.508 e. The van der Waals surface area contributed by atoms with Crippen molar-refractivity contribution in [3.8, 4) is 17.0 Å². The monoisotopic (exact) mass is 467 g/mol. The zero-order valence-electron chi connectivity index (χ0n) is 18.0. The molecular weight excluding hydrogens is 442 g/mol. The minimum Gasteiger partial charge on any atom is -0.508 e. The molecule has 0 amide bonds. The van der Waals surface area contributed by atoms with E-state index in [0.29, 0.717) is 5.96 Å². The minimum atomic E-state index is 0.122. The average Bonchev–Trinajstić information content (AvgIpc) is 3.44. The summed E-state index contributed by atoms with van der Waals surface area (Å²) < 4.78 is 6.63. The topological polar surface area (TPSA) is 80.8 Å². The van der Waals surface area contributed by atoms with Crippen LogP contribution < -0.4 is 5.32 Å². The van der Waals surface area contributed by atoms with Crippen LogP contribution in [0.4, 0.5) is 0 Å². The Hall–Kier alpha value is -2.66. The third-order valence-electron chi connectivity index (χ3n) is 5.27. The zero-order valence-corrected chi connectivity index (χ0v) is 19.6. The highest BCUT2D eigenvalue weighted by atomic mass is 32.2. The van der Waals surface area contributed by atoms with Gasteiger partial charge in [-0.2, -0.15) is 0 Å². The van der Waals surface area contributed by atoms with Gasteiger partial charge in [0.15, 0.2) is 4.96 Å². The minimum absolute atomic E-state index is 0.122. The number of phenols is 1. The number of benzene rings is 1. The lowest BCUT2D eigenvalue weighted by Crippen LogP contribution is -2.30. The molecule has 2 aliphatic rings. The molecule has 5 rings (SSSR count). The number of thiazole rings is 1. The smallest absolute Gasteiger partial charge is 0.222 e. The van der Waals surface area contributed by atoms with Gasteiger partial charge in [0, 0.05) is 67.6 Å². The van der Waals surface area contributed by atoms with Gasteiger partial charge in [-0.3, -0.25) is 4.40 Å². The highest BCUT2D eigenvalue weighted by Gasteiger charge is 2.21. The predicted octanol–water partition coefficient (Wildman–Crippen LogP) is 3.59. The van der Waals surface area contributed by atoms with E-state index < -0.39 is 0 Å². The van der Waals surface area contributed by atoms with Crippen molar-refractivity contribution in [1.29, 1.82) is 0 Å². The number of likely N-dealkylation sites (N-methyl/N-ethyl adjacent to an activating group) is 1. The fourth-order valence-electron chi connectivity index (χ4n) is 3.74. The van der Waals surface area contributed by atoms with Crippen LogP contribution in [-0.2, 0) is 0 Å². The van der Waals surface area contributed by atoms with Crippen LogP contribution in [0.25, 0.3) is 21.9 Å². The molecule has 2 aromatic heterocycles. The van der Waals surface area contributed by atoms with Crippen LogP contribution in [0.5, 0.6) is 5.75 Å². The van der Waals surface area contributed by atoms with Gasteiger partial charge >= 0.3 is 0 Å². The van der Waals surface area contributed by atoms with Crippen molar-refractivity contribution >= 4 is 46.3 Å². The maximum absolute atomic E-state index is 10.0. The molecule has 3 aromatic rings. The number of hydrogen-bond acceptors (Lipinski definition) is 9. The first kappa shape index (κ1) is 21.2. The predicted molar refractivity (Wildman–Crippen MR) is 133 cm³/mol. The molecule has 2 aliphatic heterocycles. The lowest BCUT2D eigenvalue weighted by molar-refractivity contribution is 0.475. The highest BCUT2D eigenvalue weighted by molar-refractivity contribution is 7.94. The Kier molecular flexibility index (Phi) is 6.01. The van der Waals surface area contributed by atoms with Crippen molar-refractivity contribution in [2.24, 2.45) is 15.9 Å². The Morgan fingerprint density at radius 1 is 1.28 bits per heavy atom. The number of aromatic hydroxyl groups is 1. The first-order chi connectivity index (χ1) is 15.6. The van der Waals surface area contributed by atoms with Gasteiger partial charge in [0.25, 0.3) is 0 Å². The lowest BCUT2D eigenvalue weighted by atomic mass is 10.1. The van der Waals surface area contributed by atoms with E-state index in [9.17, 15) is 5.11 Å². The quantitative estimate of drug-likeness (QED) is 0.558. The number of rotatable bonds is 5. The fraction of sp³-hybridized carbons (Fsp3) is 0.318. The van der Waals surface area contributed by atoms with E-state index in [1.54, 1.807) is 35.6 Å². The van der Waals surface area contributed by atoms with Crippen LogP contribution >= 0.6 is 23.5 Å². The summed E-state index contributed by atoms with van der Waals surface area (Å²) in [7, 11) is 2.11. The van der Waals surface area contributed by atoms with Crippen molar-refractivity contribution in [3.63, 3.8) is 0 Å². The van der Waals surface area contributed by atoms with Crippen molar-refractivity contribution in [2.45, 2.75) is 6.92 Å². The number of nitrogens with one attached hydrogen (secondary N) is 1. The van der Waals surface area contributed by atoms with Gasteiger partial charge in [0.1, 0.15) is 5.75 Å². The summed E-state index contributed by atoms with van der Waals surface area (Å²) in [5.74, 6) is 0.940. The maximum atomic E-state index is 10.0. The van der Waals surface area contributed by atoms with Gasteiger partial charge in [0.2, 0.25) is 5.96 Å². The molecule has 0 radical (unpaired) electrons. The van der Waals surface area contributed by atoms with Gasteiger partial charge in [-0.1, -0.05) is 19.1 Å². The Morgan fingerprint density at radius 3 is 3.00 bits per heavy atom. The number of aliphatic imine (C=N–C) groups is 2. The molecular formula is C22H25N7OS2. The summed E-state index contributed by atoms with van der Waals surface area (Å²) in [6.45, 7) is 5.90. The molecule has 1 aromatic carbocycles. The summed E-state index contributed by atoms with van der Waals surface area (Å²) in [5.41, 5.74) is 3.37. The maximum Gasteiger partial charge on any atom is 0.222 e. The molecule has 10 heteroatoms. The van der Waals surface area contributed by atoms with Gasteiger partial charge in [-0.15, -0.1) is 11.3 Å². The Bertz CT molecular complexity index is 1210. The molecule has 2 N–H and O–H groups in total. The van der Waals surface area contributed by atoms with Crippen LogP contribution in [0.3, 0.4) is 0 Å². The molecule has 0 saturated carbocycles. The molecule has 0 spiro atoms. The second kappa shape index (κ2) is 9.07. The number of imidazole rings is 1. The summed E-state index contributed by atoms with van der Waals surface area (Å²) in [4.78, 5) is 15.2. The zero-order chi connectivity index (χ0) is 22.1. The van der Waals surface area contributed by atoms with Gasteiger partial charge in [-0.25, -0.2) is 23.6 Å². The molecule has 1 atom stereocenters. The Balaban J connectivity index is 1.46. The van der Waals surface area contributed by atoms with Crippen molar-refractivity contribution in [3.05, 3.63) is 47.6 Å².